The maximum atomic E-state index is 12.6. The van der Waals surface area contributed by atoms with E-state index >= 15 is 0 Å². The Morgan fingerprint density at radius 1 is 1.35 bits per heavy atom. The first-order valence-corrected chi connectivity index (χ1v) is 7.74. The number of rotatable bonds is 2. The van der Waals surface area contributed by atoms with Crippen molar-refractivity contribution in [2.24, 2.45) is 5.92 Å². The van der Waals surface area contributed by atoms with Crippen LogP contribution in [0, 0.1) is 5.92 Å². The highest BCUT2D eigenvalue weighted by atomic mass is 79.9. The molecule has 2 aliphatic rings. The van der Waals surface area contributed by atoms with Crippen molar-refractivity contribution in [1.82, 2.24) is 5.32 Å². The Hall–Kier alpha value is -1.07. The van der Waals surface area contributed by atoms with Gasteiger partial charge in [-0.15, -0.1) is 0 Å². The quantitative estimate of drug-likeness (QED) is 0.885. The average Bonchev–Trinajstić information content (AvgIpc) is 3.22. The zero-order chi connectivity index (χ0) is 14.4. The van der Waals surface area contributed by atoms with Gasteiger partial charge in [0.15, 0.2) is 0 Å². The van der Waals surface area contributed by atoms with Gasteiger partial charge in [0.25, 0.3) is 5.91 Å². The summed E-state index contributed by atoms with van der Waals surface area (Å²) in [5.74, 6) is 0.130. The maximum absolute atomic E-state index is 12.6. The highest BCUT2D eigenvalue weighted by molar-refractivity contribution is 9.10. The first kappa shape index (κ1) is 13.9. The second kappa shape index (κ2) is 5.04. The summed E-state index contributed by atoms with van der Waals surface area (Å²) >= 11 is 9.42. The van der Waals surface area contributed by atoms with Crippen molar-refractivity contribution in [3.8, 4) is 0 Å². The lowest BCUT2D eigenvalue weighted by Gasteiger charge is -2.37. The van der Waals surface area contributed by atoms with Crippen molar-refractivity contribution in [3.05, 3.63) is 27.7 Å². The van der Waals surface area contributed by atoms with Crippen LogP contribution >= 0.6 is 27.5 Å². The van der Waals surface area contributed by atoms with Crippen LogP contribution in [-0.4, -0.2) is 23.9 Å². The lowest BCUT2D eigenvalue weighted by Crippen LogP contribution is -2.63. The molecule has 0 spiro atoms. The van der Waals surface area contributed by atoms with E-state index in [2.05, 4.69) is 21.2 Å². The summed E-state index contributed by atoms with van der Waals surface area (Å²) in [7, 11) is 0. The lowest BCUT2D eigenvalue weighted by atomic mass is 10.0. The van der Waals surface area contributed by atoms with Gasteiger partial charge >= 0.3 is 0 Å². The van der Waals surface area contributed by atoms with Crippen LogP contribution in [-0.2, 0) is 9.59 Å². The zero-order valence-electron chi connectivity index (χ0n) is 10.9. The van der Waals surface area contributed by atoms with Gasteiger partial charge in [-0.25, -0.2) is 0 Å². The molecule has 106 valence electrons. The first-order chi connectivity index (χ1) is 9.49. The molecule has 1 aliphatic heterocycles. The fourth-order valence-electron chi connectivity index (χ4n) is 2.53. The minimum atomic E-state index is -0.519. The number of halogens is 2. The Kier molecular flexibility index (Phi) is 3.50. The van der Waals surface area contributed by atoms with Gasteiger partial charge in [-0.1, -0.05) is 11.6 Å². The van der Waals surface area contributed by atoms with E-state index in [-0.39, 0.29) is 23.8 Å². The van der Waals surface area contributed by atoms with Crippen molar-refractivity contribution in [1.29, 1.82) is 0 Å². The molecule has 3 rings (SSSR count). The van der Waals surface area contributed by atoms with Crippen molar-refractivity contribution in [2.75, 3.05) is 4.90 Å². The third kappa shape index (κ3) is 2.33. The monoisotopic (exact) mass is 356 g/mol. The molecule has 1 aromatic carbocycles. The summed E-state index contributed by atoms with van der Waals surface area (Å²) in [5, 5.41) is 3.36. The second-order valence-electron chi connectivity index (χ2n) is 5.31. The summed E-state index contributed by atoms with van der Waals surface area (Å²) < 4.78 is 0.767. The van der Waals surface area contributed by atoms with Gasteiger partial charge in [-0.05, 0) is 59.8 Å². The molecule has 4 nitrogen and oxygen atoms in total. The molecule has 2 amide bonds. The van der Waals surface area contributed by atoms with Gasteiger partial charge in [0.1, 0.15) is 12.1 Å². The van der Waals surface area contributed by atoms with Crippen molar-refractivity contribution < 1.29 is 9.59 Å². The molecule has 2 atom stereocenters. The van der Waals surface area contributed by atoms with E-state index in [1.54, 1.807) is 30.0 Å². The summed E-state index contributed by atoms with van der Waals surface area (Å²) in [5.41, 5.74) is 0.663. The number of piperazine rings is 1. The normalized spacial score (nSPS) is 26.6. The Labute approximate surface area is 130 Å². The molecule has 1 N–H and O–H groups in total. The fraction of sp³-hybridized carbons (Fsp3) is 0.429. The minimum absolute atomic E-state index is 0.0435. The summed E-state index contributed by atoms with van der Waals surface area (Å²) in [6, 6.07) is 4.39. The summed E-state index contributed by atoms with van der Waals surface area (Å²) in [4.78, 5) is 26.2. The van der Waals surface area contributed by atoms with E-state index in [0.717, 1.165) is 17.3 Å². The predicted molar refractivity (Wildman–Crippen MR) is 80.8 cm³/mol. The number of anilines is 1. The van der Waals surface area contributed by atoms with Crippen LogP contribution < -0.4 is 10.2 Å². The number of carbonyl (C=O) groups is 2. The van der Waals surface area contributed by atoms with Crippen molar-refractivity contribution in [2.45, 2.75) is 31.8 Å². The summed E-state index contributed by atoms with van der Waals surface area (Å²) in [6.07, 6.45) is 2.00. The van der Waals surface area contributed by atoms with Gasteiger partial charge in [-0.2, -0.15) is 0 Å². The minimum Gasteiger partial charge on any atom is -0.342 e. The van der Waals surface area contributed by atoms with E-state index in [4.69, 9.17) is 11.6 Å². The highest BCUT2D eigenvalue weighted by Gasteiger charge is 2.46. The van der Waals surface area contributed by atoms with Crippen LogP contribution in [0.25, 0.3) is 0 Å². The molecule has 0 bridgehead atoms. The Balaban J connectivity index is 1.97. The maximum Gasteiger partial charge on any atom is 0.250 e. The SMILES string of the molecule is CC1C(=O)NC(C2CC2)C(=O)N1c1ccc(Br)c(Cl)c1. The van der Waals surface area contributed by atoms with Crippen molar-refractivity contribution in [3.63, 3.8) is 0 Å². The first-order valence-electron chi connectivity index (χ1n) is 6.57. The summed E-state index contributed by atoms with van der Waals surface area (Å²) in [6.45, 7) is 1.73. The number of amides is 2. The molecule has 1 aliphatic carbocycles. The molecular formula is C14H14BrClN2O2. The number of carbonyl (C=O) groups excluding carboxylic acids is 2. The number of nitrogens with one attached hydrogen (secondary N) is 1. The Bertz CT molecular complexity index is 589. The molecule has 2 unspecified atom stereocenters. The zero-order valence-corrected chi connectivity index (χ0v) is 13.2. The van der Waals surface area contributed by atoms with Crippen LogP contribution in [0.1, 0.15) is 19.8 Å². The molecule has 1 aromatic rings. The smallest absolute Gasteiger partial charge is 0.250 e. The fourth-order valence-corrected chi connectivity index (χ4v) is 2.95. The topological polar surface area (TPSA) is 49.4 Å². The van der Waals surface area contributed by atoms with Gasteiger partial charge in [0.2, 0.25) is 5.91 Å². The molecular weight excluding hydrogens is 344 g/mol. The highest BCUT2D eigenvalue weighted by Crippen LogP contribution is 2.37. The third-order valence-electron chi connectivity index (χ3n) is 3.84. The molecule has 1 saturated heterocycles. The van der Waals surface area contributed by atoms with E-state index in [1.807, 2.05) is 0 Å². The van der Waals surface area contributed by atoms with E-state index < -0.39 is 6.04 Å². The molecule has 20 heavy (non-hydrogen) atoms. The number of hydrogen-bond acceptors (Lipinski definition) is 2. The molecule has 1 saturated carbocycles. The Morgan fingerprint density at radius 2 is 2.05 bits per heavy atom. The van der Waals surface area contributed by atoms with Gasteiger partial charge in [0.05, 0.1) is 5.02 Å². The second-order valence-corrected chi connectivity index (χ2v) is 6.57. The largest absolute Gasteiger partial charge is 0.342 e. The van der Waals surface area contributed by atoms with Crippen LogP contribution in [0.15, 0.2) is 22.7 Å². The average molecular weight is 358 g/mol. The number of nitrogens with zero attached hydrogens (tertiary/aromatic N) is 1. The predicted octanol–water partition coefficient (Wildman–Crippen LogP) is 2.73. The van der Waals surface area contributed by atoms with Crippen molar-refractivity contribution >= 4 is 45.0 Å². The molecule has 2 fully saturated rings. The Morgan fingerprint density at radius 3 is 2.65 bits per heavy atom. The van der Waals surface area contributed by atoms with Gasteiger partial charge in [-0.3, -0.25) is 14.5 Å². The van der Waals surface area contributed by atoms with Gasteiger partial charge in [0, 0.05) is 10.2 Å². The van der Waals surface area contributed by atoms with Crippen LogP contribution in [0.3, 0.4) is 0 Å². The van der Waals surface area contributed by atoms with Crippen LogP contribution in [0.4, 0.5) is 5.69 Å². The molecule has 6 heteroatoms. The van der Waals surface area contributed by atoms with E-state index in [1.165, 1.54) is 0 Å². The lowest BCUT2D eigenvalue weighted by molar-refractivity contribution is -0.133. The molecule has 0 radical (unpaired) electrons. The van der Waals surface area contributed by atoms with Crippen LogP contribution in [0.2, 0.25) is 5.02 Å². The number of hydrogen-bond donors (Lipinski definition) is 1. The van der Waals surface area contributed by atoms with Crippen LogP contribution in [0.5, 0.6) is 0 Å². The molecule has 1 heterocycles. The third-order valence-corrected chi connectivity index (χ3v) is 5.08. The van der Waals surface area contributed by atoms with E-state index in [0.29, 0.717) is 10.7 Å². The number of benzene rings is 1. The standard InChI is InChI=1S/C14H14BrClN2O2/c1-7-13(19)17-12(8-2-3-8)14(20)18(7)9-4-5-10(15)11(16)6-9/h4-8,12H,2-3H2,1H3,(H,17,19). The van der Waals surface area contributed by atoms with E-state index in [9.17, 15) is 9.59 Å². The van der Waals surface area contributed by atoms with Gasteiger partial charge < -0.3 is 5.32 Å². The molecule has 0 aromatic heterocycles.